The third-order valence-corrected chi connectivity index (χ3v) is 6.11. The molecule has 0 bridgehead atoms. The van der Waals surface area contributed by atoms with Crippen LogP contribution in [0.1, 0.15) is 48.0 Å². The lowest BCUT2D eigenvalue weighted by atomic mass is 9.72. The van der Waals surface area contributed by atoms with Crippen molar-refractivity contribution in [3.05, 3.63) is 34.3 Å². The molecule has 1 N–H and O–H groups in total. The molecule has 6 heteroatoms. The number of amides is 2. The van der Waals surface area contributed by atoms with Gasteiger partial charge in [-0.2, -0.15) is 0 Å². The Labute approximate surface area is 159 Å². The fraction of sp³-hybridized carbons (Fsp3) is 0.600. The van der Waals surface area contributed by atoms with Gasteiger partial charge in [0.25, 0.3) is 5.91 Å². The molecule has 2 fully saturated rings. The Hall–Kier alpha value is -1.59. The number of benzene rings is 1. The van der Waals surface area contributed by atoms with Gasteiger partial charge in [0.2, 0.25) is 5.91 Å². The van der Waals surface area contributed by atoms with Gasteiger partial charge < -0.3 is 14.9 Å². The van der Waals surface area contributed by atoms with Gasteiger partial charge in [-0.05, 0) is 55.7 Å². The van der Waals surface area contributed by atoms with E-state index in [1.807, 2.05) is 22.8 Å². The number of aliphatic hydroxyl groups excluding tert-OH is 1. The van der Waals surface area contributed by atoms with E-state index in [0.29, 0.717) is 43.1 Å². The van der Waals surface area contributed by atoms with E-state index >= 15 is 0 Å². The molecule has 1 spiro atoms. The molecule has 2 amide bonds. The van der Waals surface area contributed by atoms with Gasteiger partial charge in [-0.3, -0.25) is 9.59 Å². The number of aliphatic hydroxyl groups is 1. The molecule has 1 aromatic carbocycles. The monoisotopic (exact) mass is 378 g/mol. The van der Waals surface area contributed by atoms with E-state index in [4.69, 9.17) is 16.7 Å². The van der Waals surface area contributed by atoms with E-state index in [1.54, 1.807) is 12.1 Å². The zero-order valence-corrected chi connectivity index (χ0v) is 16.1. The number of hydrogen-bond donors (Lipinski definition) is 1. The van der Waals surface area contributed by atoms with E-state index in [9.17, 15) is 9.59 Å². The summed E-state index contributed by atoms with van der Waals surface area (Å²) in [6.07, 6.45) is 3.94. The largest absolute Gasteiger partial charge is 0.396 e. The minimum absolute atomic E-state index is 0.0453. The summed E-state index contributed by atoms with van der Waals surface area (Å²) in [7, 11) is 0. The Bertz CT molecular complexity index is 684. The average Bonchev–Trinajstić information content (AvgIpc) is 2.65. The third kappa shape index (κ3) is 4.04. The lowest BCUT2D eigenvalue weighted by Crippen LogP contribution is -2.52. The fourth-order valence-electron chi connectivity index (χ4n) is 4.15. The Morgan fingerprint density at radius 1 is 1.27 bits per heavy atom. The standard InChI is InChI=1S/C20H27ClN2O3/c1-15-3-4-16(21)13-17(15)19(26)22-10-7-20(8-11-22)6-5-18(25)23(14-20)9-2-12-24/h3-4,13,24H,2,5-12,14H2,1H3. The highest BCUT2D eigenvalue weighted by atomic mass is 35.5. The lowest BCUT2D eigenvalue weighted by Gasteiger charge is -2.47. The van der Waals surface area contributed by atoms with E-state index in [2.05, 4.69) is 0 Å². The third-order valence-electron chi connectivity index (χ3n) is 5.88. The first-order valence-corrected chi connectivity index (χ1v) is 9.76. The second-order valence-electron chi connectivity index (χ2n) is 7.64. The maximum Gasteiger partial charge on any atom is 0.254 e. The molecule has 0 atom stereocenters. The summed E-state index contributed by atoms with van der Waals surface area (Å²) in [6.45, 7) is 4.85. The van der Waals surface area contributed by atoms with Crippen LogP contribution in [0.2, 0.25) is 5.02 Å². The van der Waals surface area contributed by atoms with Crippen LogP contribution >= 0.6 is 11.6 Å². The molecule has 0 unspecified atom stereocenters. The molecule has 0 radical (unpaired) electrons. The minimum atomic E-state index is 0.0453. The summed E-state index contributed by atoms with van der Waals surface area (Å²) in [5, 5.41) is 9.62. The van der Waals surface area contributed by atoms with Crippen LogP contribution in [0.25, 0.3) is 0 Å². The zero-order chi connectivity index (χ0) is 18.7. The van der Waals surface area contributed by atoms with Crippen LogP contribution < -0.4 is 0 Å². The molecule has 0 saturated carbocycles. The predicted octanol–water partition coefficient (Wildman–Crippen LogP) is 2.88. The average molecular weight is 379 g/mol. The van der Waals surface area contributed by atoms with Crippen molar-refractivity contribution in [2.45, 2.75) is 39.0 Å². The van der Waals surface area contributed by atoms with Gasteiger partial charge in [-0.25, -0.2) is 0 Å². The second-order valence-corrected chi connectivity index (χ2v) is 8.08. The molecular weight excluding hydrogens is 352 g/mol. The predicted molar refractivity (Wildman–Crippen MR) is 101 cm³/mol. The molecule has 5 nitrogen and oxygen atoms in total. The summed E-state index contributed by atoms with van der Waals surface area (Å²) in [5.74, 6) is 0.237. The second kappa shape index (κ2) is 7.97. The number of hydrogen-bond acceptors (Lipinski definition) is 3. The Balaban J connectivity index is 1.64. The molecule has 2 saturated heterocycles. The zero-order valence-electron chi connectivity index (χ0n) is 15.3. The Morgan fingerprint density at radius 2 is 2.00 bits per heavy atom. The molecule has 26 heavy (non-hydrogen) atoms. The van der Waals surface area contributed by atoms with Crippen LogP contribution in [-0.2, 0) is 4.79 Å². The highest BCUT2D eigenvalue weighted by Gasteiger charge is 2.41. The number of piperidine rings is 2. The number of rotatable bonds is 4. The maximum atomic E-state index is 12.9. The van der Waals surface area contributed by atoms with Gasteiger partial charge >= 0.3 is 0 Å². The van der Waals surface area contributed by atoms with Crippen LogP contribution in [0.15, 0.2) is 18.2 Å². The van der Waals surface area contributed by atoms with Crippen molar-refractivity contribution in [2.75, 3.05) is 32.8 Å². The molecule has 0 aromatic heterocycles. The van der Waals surface area contributed by atoms with Crippen molar-refractivity contribution in [3.63, 3.8) is 0 Å². The molecule has 3 rings (SSSR count). The molecular formula is C20H27ClN2O3. The number of carbonyl (C=O) groups excluding carboxylic acids is 2. The van der Waals surface area contributed by atoms with Crippen LogP contribution in [0.4, 0.5) is 0 Å². The van der Waals surface area contributed by atoms with Gasteiger partial charge in [-0.15, -0.1) is 0 Å². The smallest absolute Gasteiger partial charge is 0.254 e. The number of nitrogens with zero attached hydrogens (tertiary/aromatic N) is 2. The molecule has 142 valence electrons. The number of carbonyl (C=O) groups is 2. The van der Waals surface area contributed by atoms with E-state index in [1.165, 1.54) is 0 Å². The van der Waals surface area contributed by atoms with Crippen molar-refractivity contribution >= 4 is 23.4 Å². The van der Waals surface area contributed by atoms with Crippen molar-refractivity contribution in [1.29, 1.82) is 0 Å². The van der Waals surface area contributed by atoms with Crippen LogP contribution in [-0.4, -0.2) is 59.5 Å². The van der Waals surface area contributed by atoms with Gasteiger partial charge in [0.15, 0.2) is 0 Å². The number of aryl methyl sites for hydroxylation is 1. The fourth-order valence-corrected chi connectivity index (χ4v) is 4.33. The quantitative estimate of drug-likeness (QED) is 0.876. The van der Waals surface area contributed by atoms with Gasteiger partial charge in [-0.1, -0.05) is 17.7 Å². The van der Waals surface area contributed by atoms with Gasteiger partial charge in [0.05, 0.1) is 0 Å². The molecule has 1 aromatic rings. The topological polar surface area (TPSA) is 60.9 Å². The van der Waals surface area contributed by atoms with E-state index < -0.39 is 0 Å². The van der Waals surface area contributed by atoms with Crippen molar-refractivity contribution in [3.8, 4) is 0 Å². The number of halogens is 1. The van der Waals surface area contributed by atoms with E-state index in [-0.39, 0.29) is 23.8 Å². The molecule has 2 aliphatic heterocycles. The first-order valence-electron chi connectivity index (χ1n) is 9.38. The number of likely N-dealkylation sites (tertiary alicyclic amines) is 2. The summed E-state index contributed by atoms with van der Waals surface area (Å²) >= 11 is 6.06. The first-order chi connectivity index (χ1) is 12.4. The SMILES string of the molecule is Cc1ccc(Cl)cc1C(=O)N1CCC2(CCC(=O)N(CCCO)C2)CC1. The van der Waals surface area contributed by atoms with Crippen molar-refractivity contribution in [2.24, 2.45) is 5.41 Å². The molecule has 2 heterocycles. The van der Waals surface area contributed by atoms with Gasteiger partial charge in [0, 0.05) is 49.8 Å². The van der Waals surface area contributed by atoms with Crippen molar-refractivity contribution < 1.29 is 14.7 Å². The van der Waals surface area contributed by atoms with Crippen LogP contribution in [0, 0.1) is 12.3 Å². The Kier molecular flexibility index (Phi) is 5.88. The first kappa shape index (κ1) is 19.2. The van der Waals surface area contributed by atoms with Crippen molar-refractivity contribution in [1.82, 2.24) is 9.80 Å². The Morgan fingerprint density at radius 3 is 2.69 bits per heavy atom. The van der Waals surface area contributed by atoms with Gasteiger partial charge in [0.1, 0.15) is 0 Å². The molecule has 0 aliphatic carbocycles. The summed E-state index contributed by atoms with van der Waals surface area (Å²) in [4.78, 5) is 28.8. The summed E-state index contributed by atoms with van der Waals surface area (Å²) in [6, 6.07) is 5.44. The minimum Gasteiger partial charge on any atom is -0.396 e. The highest BCUT2D eigenvalue weighted by Crippen LogP contribution is 2.40. The summed E-state index contributed by atoms with van der Waals surface area (Å²) in [5.41, 5.74) is 1.73. The van der Waals surface area contributed by atoms with E-state index in [0.717, 1.165) is 31.4 Å². The lowest BCUT2D eigenvalue weighted by molar-refractivity contribution is -0.139. The summed E-state index contributed by atoms with van der Waals surface area (Å²) < 4.78 is 0. The van der Waals surface area contributed by atoms with Crippen LogP contribution in [0.5, 0.6) is 0 Å². The molecule has 2 aliphatic rings. The maximum absolute atomic E-state index is 12.9. The van der Waals surface area contributed by atoms with Crippen LogP contribution in [0.3, 0.4) is 0 Å². The normalized spacial score (nSPS) is 19.9. The highest BCUT2D eigenvalue weighted by molar-refractivity contribution is 6.31.